The predicted octanol–water partition coefficient (Wildman–Crippen LogP) is -1.49. The van der Waals surface area contributed by atoms with Gasteiger partial charge in [-0.2, -0.15) is 9.97 Å². The van der Waals surface area contributed by atoms with Gasteiger partial charge in [0.15, 0.2) is 11.2 Å². The first kappa shape index (κ1) is 31.2. The number of hydrogen-bond acceptors (Lipinski definition) is 17. The van der Waals surface area contributed by atoms with Crippen LogP contribution in [-0.4, -0.2) is 88.5 Å². The molecule has 3 aromatic heterocycles. The Balaban J connectivity index is 1.29. The Morgan fingerprint density at radius 3 is 2.36 bits per heavy atom. The predicted molar refractivity (Wildman–Crippen MR) is 143 cm³/mol. The van der Waals surface area contributed by atoms with E-state index in [9.17, 15) is 28.6 Å². The highest BCUT2D eigenvalue weighted by Crippen LogP contribution is 2.49. The zero-order valence-electron chi connectivity index (χ0n) is 23.2. The second kappa shape index (κ2) is 12.4. The van der Waals surface area contributed by atoms with Crippen molar-refractivity contribution in [2.75, 3.05) is 24.7 Å². The lowest BCUT2D eigenvalue weighted by Gasteiger charge is -2.23. The van der Waals surface area contributed by atoms with Gasteiger partial charge in [0.05, 0.1) is 12.9 Å². The Bertz CT molecular complexity index is 1730. The number of nitrogens with one attached hydrogen (secondary N) is 1. The summed E-state index contributed by atoms with van der Waals surface area (Å²) in [5, 5.41) is 0. The molecule has 22 heteroatoms. The highest BCUT2D eigenvalue weighted by atomic mass is 31.2. The number of hydrogen-bond donors (Lipinski definition) is 4. The molecule has 2 aliphatic heterocycles. The van der Waals surface area contributed by atoms with Crippen molar-refractivity contribution in [1.82, 2.24) is 34.1 Å². The number of phosphoric ester groups is 1. The monoisotopic (exact) mass is 641 g/mol. The summed E-state index contributed by atoms with van der Waals surface area (Å²) in [6.45, 7) is 1.38. The molecule has 0 aliphatic carbocycles. The van der Waals surface area contributed by atoms with Gasteiger partial charge in [0.1, 0.15) is 49.8 Å². The SMILES string of the molecule is CC(=O)OC[C@H]1O[C@@H](n2cnc3c(=O)[nH]c(N)nc32)C[C@H]1OP(=O)(O)OC[C@H]1O[C@@H](n2cnc(N)nc2=O)CC1OC(C)=O. The summed E-state index contributed by atoms with van der Waals surface area (Å²) < 4.78 is 48.1. The first-order chi connectivity index (χ1) is 20.8. The van der Waals surface area contributed by atoms with Crippen LogP contribution in [0.1, 0.15) is 39.1 Å². The number of H-pyrrole nitrogens is 1. The van der Waals surface area contributed by atoms with Crippen LogP contribution in [-0.2, 0) is 42.1 Å². The Labute approximate surface area is 246 Å². The van der Waals surface area contributed by atoms with Crippen molar-refractivity contribution in [1.29, 1.82) is 0 Å². The number of esters is 2. The molecule has 238 valence electrons. The van der Waals surface area contributed by atoms with Crippen LogP contribution in [0.2, 0.25) is 0 Å². The Morgan fingerprint density at radius 2 is 1.68 bits per heavy atom. The average Bonchev–Trinajstić information content (AvgIpc) is 3.63. The van der Waals surface area contributed by atoms with Crippen molar-refractivity contribution in [3.05, 3.63) is 33.5 Å². The second-order valence-electron chi connectivity index (χ2n) is 9.77. The lowest BCUT2D eigenvalue weighted by Crippen LogP contribution is -2.32. The Hall–Kier alpha value is -4.27. The van der Waals surface area contributed by atoms with Crippen LogP contribution < -0.4 is 22.7 Å². The molecule has 0 saturated carbocycles. The van der Waals surface area contributed by atoms with E-state index in [-0.39, 0.29) is 42.5 Å². The van der Waals surface area contributed by atoms with E-state index >= 15 is 0 Å². The third kappa shape index (κ3) is 6.93. The number of nitrogen functional groups attached to an aromatic ring is 2. The standard InChI is InChI=1S/C22H28N9O12P/c1-9(32)38-5-13-12(4-15(41-13)30-7-25-17-18(30)27-21(24)28-19(17)34)43-44(36,37)39-6-14-11(40-10(2)33)3-16(42-14)31-8-26-20(23)29-22(31)35/h7-8,11-16H,3-6H2,1-2H3,(H,36,37)(H2,23,29,35)(H3,24,27,28,34)/t11?,12-,13-,14-,15-,16-/m1/s1. The maximum Gasteiger partial charge on any atom is 0.472 e. The van der Waals surface area contributed by atoms with Gasteiger partial charge in [-0.15, -0.1) is 0 Å². The van der Waals surface area contributed by atoms with Gasteiger partial charge in [-0.1, -0.05) is 0 Å². The minimum atomic E-state index is -4.88. The molecule has 2 unspecified atom stereocenters. The number of imidazole rings is 1. The molecule has 44 heavy (non-hydrogen) atoms. The average molecular weight is 641 g/mol. The molecule has 0 amide bonds. The summed E-state index contributed by atoms with van der Waals surface area (Å²) in [5.41, 5.74) is 9.79. The van der Waals surface area contributed by atoms with Gasteiger partial charge in [0, 0.05) is 26.7 Å². The van der Waals surface area contributed by atoms with Gasteiger partial charge in [0.25, 0.3) is 5.56 Å². The number of ether oxygens (including phenoxy) is 4. The maximum absolute atomic E-state index is 13.1. The third-order valence-electron chi connectivity index (χ3n) is 6.62. The number of rotatable bonds is 10. The Kier molecular flexibility index (Phi) is 8.77. The fraction of sp³-hybridized carbons (Fsp3) is 0.545. The number of carbonyl (C=O) groups is 2. The fourth-order valence-electron chi connectivity index (χ4n) is 4.77. The number of nitrogens with two attached hydrogens (primary N) is 2. The van der Waals surface area contributed by atoms with Gasteiger partial charge < -0.3 is 35.3 Å². The number of aromatic amines is 1. The van der Waals surface area contributed by atoms with E-state index < -0.39 is 74.5 Å². The van der Waals surface area contributed by atoms with E-state index in [0.29, 0.717) is 0 Å². The van der Waals surface area contributed by atoms with Crippen molar-refractivity contribution in [3.63, 3.8) is 0 Å². The maximum atomic E-state index is 13.1. The smallest absolute Gasteiger partial charge is 0.463 e. The normalized spacial score (nSPS) is 26.4. The second-order valence-corrected chi connectivity index (χ2v) is 11.2. The summed E-state index contributed by atoms with van der Waals surface area (Å²) >= 11 is 0. The molecule has 5 rings (SSSR count). The van der Waals surface area contributed by atoms with Crippen LogP contribution in [0.5, 0.6) is 0 Å². The van der Waals surface area contributed by atoms with Gasteiger partial charge in [-0.3, -0.25) is 37.5 Å². The van der Waals surface area contributed by atoms with Crippen molar-refractivity contribution in [2.24, 2.45) is 0 Å². The van der Waals surface area contributed by atoms with Crippen LogP contribution >= 0.6 is 7.82 Å². The van der Waals surface area contributed by atoms with Gasteiger partial charge in [0.2, 0.25) is 11.9 Å². The summed E-state index contributed by atoms with van der Waals surface area (Å²) in [7, 11) is -4.88. The quantitative estimate of drug-likeness (QED) is 0.145. The van der Waals surface area contributed by atoms with E-state index in [4.69, 9.17) is 39.5 Å². The molecule has 0 aromatic carbocycles. The molecule has 6 N–H and O–H groups in total. The molecule has 0 radical (unpaired) electrons. The topological polar surface area (TPSA) is 290 Å². The first-order valence-corrected chi connectivity index (χ1v) is 14.5. The number of nitrogens with zero attached hydrogens (tertiary/aromatic N) is 6. The van der Waals surface area contributed by atoms with Crippen molar-refractivity contribution >= 4 is 42.8 Å². The van der Waals surface area contributed by atoms with Crippen LogP contribution in [0.25, 0.3) is 11.2 Å². The molecule has 0 spiro atoms. The largest absolute Gasteiger partial charge is 0.472 e. The van der Waals surface area contributed by atoms with E-state index in [1.54, 1.807) is 0 Å². The van der Waals surface area contributed by atoms with Gasteiger partial charge >= 0.3 is 25.5 Å². The molecule has 21 nitrogen and oxygen atoms in total. The molecule has 2 saturated heterocycles. The lowest BCUT2D eigenvalue weighted by atomic mass is 10.2. The van der Waals surface area contributed by atoms with Crippen LogP contribution in [0, 0.1) is 0 Å². The summed E-state index contributed by atoms with van der Waals surface area (Å²) in [6.07, 6.45) is -3.96. The summed E-state index contributed by atoms with van der Waals surface area (Å²) in [6, 6.07) is 0. The summed E-state index contributed by atoms with van der Waals surface area (Å²) in [5.74, 6) is -1.72. The molecular weight excluding hydrogens is 613 g/mol. The number of phosphoric acid groups is 1. The molecule has 2 aliphatic rings. The Morgan fingerprint density at radius 1 is 1.02 bits per heavy atom. The van der Waals surface area contributed by atoms with E-state index in [0.717, 1.165) is 17.8 Å². The minimum absolute atomic E-state index is 0.0233. The zero-order chi connectivity index (χ0) is 31.8. The third-order valence-corrected chi connectivity index (χ3v) is 7.63. The molecule has 5 heterocycles. The van der Waals surface area contributed by atoms with Crippen LogP contribution in [0.15, 0.2) is 22.2 Å². The highest BCUT2D eigenvalue weighted by Gasteiger charge is 2.45. The van der Waals surface area contributed by atoms with Crippen LogP contribution in [0.3, 0.4) is 0 Å². The minimum Gasteiger partial charge on any atom is -0.463 e. The fourth-order valence-corrected chi connectivity index (χ4v) is 5.73. The number of aromatic nitrogens is 7. The number of fused-ring (bicyclic) bond motifs is 1. The van der Waals surface area contributed by atoms with Crippen molar-refractivity contribution < 1.29 is 47.0 Å². The molecule has 2 fully saturated rings. The van der Waals surface area contributed by atoms with Crippen molar-refractivity contribution in [3.8, 4) is 0 Å². The number of carbonyl (C=O) groups excluding carboxylic acids is 2. The van der Waals surface area contributed by atoms with Crippen molar-refractivity contribution in [2.45, 2.75) is 63.6 Å². The first-order valence-electron chi connectivity index (χ1n) is 13.0. The molecule has 7 atom stereocenters. The summed E-state index contributed by atoms with van der Waals surface area (Å²) in [4.78, 5) is 75.9. The molecular formula is C22H28N9O12P. The van der Waals surface area contributed by atoms with E-state index in [1.165, 1.54) is 17.8 Å². The van der Waals surface area contributed by atoms with E-state index in [2.05, 4.69) is 24.9 Å². The van der Waals surface area contributed by atoms with Crippen LogP contribution in [0.4, 0.5) is 11.9 Å². The molecule has 3 aromatic rings. The lowest BCUT2D eigenvalue weighted by molar-refractivity contribution is -0.150. The van der Waals surface area contributed by atoms with Gasteiger partial charge in [-0.05, 0) is 0 Å². The zero-order valence-corrected chi connectivity index (χ0v) is 24.1. The molecule has 0 bridgehead atoms. The van der Waals surface area contributed by atoms with Gasteiger partial charge in [-0.25, -0.2) is 19.3 Å². The highest BCUT2D eigenvalue weighted by molar-refractivity contribution is 7.47. The number of anilines is 2. The van der Waals surface area contributed by atoms with E-state index in [1.807, 2.05) is 0 Å².